The fourth-order valence-electron chi connectivity index (χ4n) is 2.38. The zero-order chi connectivity index (χ0) is 16.4. The van der Waals surface area contributed by atoms with E-state index in [1.807, 2.05) is 55.3 Å². The van der Waals surface area contributed by atoms with Crippen LogP contribution in [0.1, 0.15) is 6.92 Å². The van der Waals surface area contributed by atoms with Crippen molar-refractivity contribution in [2.75, 3.05) is 24.3 Å². The van der Waals surface area contributed by atoms with Gasteiger partial charge in [0.1, 0.15) is 11.8 Å². The largest absolute Gasteiger partial charge is 0.394 e. The highest BCUT2D eigenvalue weighted by Crippen LogP contribution is 2.26. The first-order chi connectivity index (χ1) is 11.1. The summed E-state index contributed by atoms with van der Waals surface area (Å²) < 4.78 is 0. The zero-order valence-electron chi connectivity index (χ0n) is 13.1. The number of anilines is 2. The van der Waals surface area contributed by atoms with Gasteiger partial charge in [0.2, 0.25) is 0 Å². The summed E-state index contributed by atoms with van der Waals surface area (Å²) in [5.74, 6) is 0.374. The number of pyridine rings is 1. The van der Waals surface area contributed by atoms with E-state index >= 15 is 0 Å². The molecule has 1 aromatic carbocycles. The van der Waals surface area contributed by atoms with Gasteiger partial charge in [-0.3, -0.25) is 0 Å². The molecule has 0 aliphatic heterocycles. The number of rotatable bonds is 4. The van der Waals surface area contributed by atoms with Gasteiger partial charge in [-0.2, -0.15) is 0 Å². The maximum atomic E-state index is 9.32. The third-order valence-electron chi connectivity index (χ3n) is 3.98. The molecule has 6 heteroatoms. The van der Waals surface area contributed by atoms with Gasteiger partial charge in [0.15, 0.2) is 5.82 Å². The molecule has 0 saturated heterocycles. The molecule has 2 heterocycles. The summed E-state index contributed by atoms with van der Waals surface area (Å²) in [5, 5.41) is 9.32. The van der Waals surface area contributed by atoms with Gasteiger partial charge in [0, 0.05) is 24.3 Å². The maximum absolute atomic E-state index is 9.32. The number of fused-ring (bicyclic) bond motifs is 1. The molecule has 3 rings (SSSR count). The molecule has 2 aromatic heterocycles. The topological polar surface area (TPSA) is 88.2 Å². The minimum Gasteiger partial charge on any atom is -0.394 e. The van der Waals surface area contributed by atoms with E-state index in [1.165, 1.54) is 6.33 Å². The Labute approximate surface area is 134 Å². The Morgan fingerprint density at radius 2 is 2.04 bits per heavy atom. The van der Waals surface area contributed by atoms with E-state index in [1.54, 1.807) is 0 Å². The molecule has 0 aliphatic rings. The molecule has 118 valence electrons. The lowest BCUT2D eigenvalue weighted by molar-refractivity contribution is 0.270. The number of aliphatic hydroxyl groups is 1. The minimum atomic E-state index is 0.0406. The first-order valence-corrected chi connectivity index (χ1v) is 7.41. The Bertz CT molecular complexity index is 836. The third-order valence-corrected chi connectivity index (χ3v) is 3.98. The summed E-state index contributed by atoms with van der Waals surface area (Å²) in [6, 6.07) is 11.9. The van der Waals surface area contributed by atoms with Gasteiger partial charge in [0.25, 0.3) is 0 Å². The summed E-state index contributed by atoms with van der Waals surface area (Å²) in [4.78, 5) is 14.8. The fraction of sp³-hybridized carbons (Fsp3) is 0.235. The van der Waals surface area contributed by atoms with Gasteiger partial charge in [0.05, 0.1) is 17.8 Å². The van der Waals surface area contributed by atoms with Crippen LogP contribution < -0.4 is 10.6 Å². The van der Waals surface area contributed by atoms with Gasteiger partial charge < -0.3 is 15.7 Å². The second kappa shape index (κ2) is 6.18. The lowest BCUT2D eigenvalue weighted by Gasteiger charge is -2.25. The van der Waals surface area contributed by atoms with Crippen LogP contribution >= 0.6 is 0 Å². The zero-order valence-corrected chi connectivity index (χ0v) is 13.1. The van der Waals surface area contributed by atoms with Gasteiger partial charge >= 0.3 is 0 Å². The van der Waals surface area contributed by atoms with Gasteiger partial charge in [-0.15, -0.1) is 0 Å². The molecule has 0 fully saturated rings. The number of likely N-dealkylation sites (N-methyl/N-ethyl adjacent to an activating group) is 1. The number of aliphatic hydroxyl groups excluding tert-OH is 1. The van der Waals surface area contributed by atoms with Crippen molar-refractivity contribution in [2.24, 2.45) is 0 Å². The second-order valence-corrected chi connectivity index (χ2v) is 5.52. The SMILES string of the molecule is CC(CO)N(C)c1cccc(-c2ccc3ncnc(N)c3n2)c1. The molecule has 3 N–H and O–H groups in total. The van der Waals surface area contributed by atoms with Crippen LogP contribution in [0.3, 0.4) is 0 Å². The monoisotopic (exact) mass is 309 g/mol. The molecule has 0 radical (unpaired) electrons. The lowest BCUT2D eigenvalue weighted by Crippen LogP contribution is -2.31. The molecule has 1 atom stereocenters. The third kappa shape index (κ3) is 2.93. The van der Waals surface area contributed by atoms with Crippen LogP contribution in [0.2, 0.25) is 0 Å². The van der Waals surface area contributed by atoms with Crippen molar-refractivity contribution in [3.63, 3.8) is 0 Å². The Hall–Kier alpha value is -2.73. The molecule has 6 nitrogen and oxygen atoms in total. The molecule has 0 spiro atoms. The van der Waals surface area contributed by atoms with E-state index < -0.39 is 0 Å². The minimum absolute atomic E-state index is 0.0406. The Morgan fingerprint density at radius 3 is 2.83 bits per heavy atom. The van der Waals surface area contributed by atoms with E-state index in [9.17, 15) is 5.11 Å². The van der Waals surface area contributed by atoms with E-state index in [4.69, 9.17) is 5.73 Å². The van der Waals surface area contributed by atoms with Crippen LogP contribution in [-0.2, 0) is 0 Å². The predicted molar refractivity (Wildman–Crippen MR) is 92.1 cm³/mol. The molecule has 0 aliphatic carbocycles. The Morgan fingerprint density at radius 1 is 1.22 bits per heavy atom. The van der Waals surface area contributed by atoms with Crippen molar-refractivity contribution in [1.29, 1.82) is 0 Å². The number of hydrogen-bond acceptors (Lipinski definition) is 6. The lowest BCUT2D eigenvalue weighted by atomic mass is 10.1. The first-order valence-electron chi connectivity index (χ1n) is 7.41. The van der Waals surface area contributed by atoms with Gasteiger partial charge in [-0.25, -0.2) is 15.0 Å². The summed E-state index contributed by atoms with van der Waals surface area (Å²) in [6.07, 6.45) is 1.44. The first kappa shape index (κ1) is 15.2. The normalized spacial score (nSPS) is 12.3. The van der Waals surface area contributed by atoms with E-state index in [2.05, 4.69) is 15.0 Å². The van der Waals surface area contributed by atoms with Crippen LogP contribution in [0, 0.1) is 0 Å². The van der Waals surface area contributed by atoms with Gasteiger partial charge in [-0.1, -0.05) is 12.1 Å². The van der Waals surface area contributed by atoms with Crippen molar-refractivity contribution < 1.29 is 5.11 Å². The van der Waals surface area contributed by atoms with E-state index in [-0.39, 0.29) is 12.6 Å². The number of nitrogens with two attached hydrogens (primary N) is 1. The number of nitrogens with zero attached hydrogens (tertiary/aromatic N) is 4. The van der Waals surface area contributed by atoms with Crippen molar-refractivity contribution in [1.82, 2.24) is 15.0 Å². The van der Waals surface area contributed by atoms with Crippen LogP contribution in [0.15, 0.2) is 42.7 Å². The second-order valence-electron chi connectivity index (χ2n) is 5.52. The van der Waals surface area contributed by atoms with Gasteiger partial charge in [-0.05, 0) is 31.2 Å². The molecule has 0 bridgehead atoms. The fourth-order valence-corrected chi connectivity index (χ4v) is 2.38. The molecular weight excluding hydrogens is 290 g/mol. The Kier molecular flexibility index (Phi) is 4.08. The quantitative estimate of drug-likeness (QED) is 0.767. The highest BCUT2D eigenvalue weighted by Gasteiger charge is 2.11. The molecule has 0 saturated carbocycles. The highest BCUT2D eigenvalue weighted by molar-refractivity contribution is 5.86. The number of benzene rings is 1. The highest BCUT2D eigenvalue weighted by atomic mass is 16.3. The van der Waals surface area contributed by atoms with Crippen molar-refractivity contribution >= 4 is 22.5 Å². The average Bonchev–Trinajstić information content (AvgIpc) is 2.60. The van der Waals surface area contributed by atoms with Crippen molar-refractivity contribution in [3.8, 4) is 11.3 Å². The van der Waals surface area contributed by atoms with Crippen LogP contribution in [0.5, 0.6) is 0 Å². The van der Waals surface area contributed by atoms with Crippen LogP contribution in [0.4, 0.5) is 11.5 Å². The smallest absolute Gasteiger partial charge is 0.153 e. The van der Waals surface area contributed by atoms with E-state index in [0.29, 0.717) is 11.3 Å². The van der Waals surface area contributed by atoms with E-state index in [0.717, 1.165) is 22.5 Å². The summed E-state index contributed by atoms with van der Waals surface area (Å²) in [7, 11) is 1.96. The van der Waals surface area contributed by atoms with Crippen LogP contribution in [-0.4, -0.2) is 39.8 Å². The Balaban J connectivity index is 2.03. The molecule has 0 amide bonds. The molecule has 1 unspecified atom stereocenters. The van der Waals surface area contributed by atoms with Crippen molar-refractivity contribution in [2.45, 2.75) is 13.0 Å². The maximum Gasteiger partial charge on any atom is 0.153 e. The summed E-state index contributed by atoms with van der Waals surface area (Å²) >= 11 is 0. The van der Waals surface area contributed by atoms with Crippen LogP contribution in [0.25, 0.3) is 22.3 Å². The molecular formula is C17H19N5O. The predicted octanol–water partition coefficient (Wildman–Crippen LogP) is 2.09. The standard InChI is InChI=1S/C17H19N5O/c1-11(9-23)22(2)13-5-3-4-12(8-13)14-6-7-15-16(21-14)17(18)20-10-19-15/h3-8,10-11,23H,9H2,1-2H3,(H2,18,19,20). The molecule has 23 heavy (non-hydrogen) atoms. The number of aromatic nitrogens is 3. The number of hydrogen-bond donors (Lipinski definition) is 2. The number of nitrogen functional groups attached to an aromatic ring is 1. The van der Waals surface area contributed by atoms with Crippen molar-refractivity contribution in [3.05, 3.63) is 42.7 Å². The summed E-state index contributed by atoms with van der Waals surface area (Å²) in [6.45, 7) is 2.07. The average molecular weight is 309 g/mol. The summed E-state index contributed by atoms with van der Waals surface area (Å²) in [5.41, 5.74) is 10.0. The molecule has 3 aromatic rings.